The number of aryl methyl sites for hydroxylation is 1. The summed E-state index contributed by atoms with van der Waals surface area (Å²) >= 11 is 5.74. The van der Waals surface area contributed by atoms with Crippen molar-refractivity contribution in [2.75, 3.05) is 16.1 Å². The van der Waals surface area contributed by atoms with Gasteiger partial charge in [-0.25, -0.2) is 4.98 Å². The van der Waals surface area contributed by atoms with Gasteiger partial charge in [0.1, 0.15) is 5.88 Å². The number of carbonyl (C=O) groups is 2. The Kier molecular flexibility index (Phi) is 3.81. The van der Waals surface area contributed by atoms with Crippen molar-refractivity contribution in [3.8, 4) is 0 Å². The lowest BCUT2D eigenvalue weighted by Crippen LogP contribution is -2.28. The standard InChI is InChI=1S/C16H14ClN3O2/c1-2-10-5-6-13-11(8-10)16(22)19-12-4-3-7-18-15(12)20(13)14(21)9-17/h3-8H,2,9H2,1H3,(H,19,22). The van der Waals surface area contributed by atoms with Crippen LogP contribution >= 0.6 is 11.6 Å². The Hall–Kier alpha value is -2.40. The fourth-order valence-electron chi connectivity index (χ4n) is 2.47. The van der Waals surface area contributed by atoms with Crippen LogP contribution in [0.4, 0.5) is 17.2 Å². The monoisotopic (exact) mass is 315 g/mol. The highest BCUT2D eigenvalue weighted by molar-refractivity contribution is 6.31. The van der Waals surface area contributed by atoms with Crippen molar-refractivity contribution in [2.45, 2.75) is 13.3 Å². The third-order valence-electron chi connectivity index (χ3n) is 3.57. The van der Waals surface area contributed by atoms with Gasteiger partial charge in [-0.05, 0) is 36.2 Å². The maximum Gasteiger partial charge on any atom is 0.257 e. The number of nitrogens with zero attached hydrogens (tertiary/aromatic N) is 2. The van der Waals surface area contributed by atoms with Gasteiger partial charge in [0.05, 0.1) is 16.9 Å². The third-order valence-corrected chi connectivity index (χ3v) is 3.79. The summed E-state index contributed by atoms with van der Waals surface area (Å²) in [5, 5.41) is 2.80. The normalized spacial score (nSPS) is 13.0. The van der Waals surface area contributed by atoms with Crippen molar-refractivity contribution in [1.29, 1.82) is 0 Å². The van der Waals surface area contributed by atoms with E-state index >= 15 is 0 Å². The Morgan fingerprint density at radius 2 is 2.18 bits per heavy atom. The molecule has 0 radical (unpaired) electrons. The summed E-state index contributed by atoms with van der Waals surface area (Å²) in [4.78, 5) is 30.4. The molecule has 3 rings (SSSR count). The molecule has 2 amide bonds. The molecule has 1 N–H and O–H groups in total. The van der Waals surface area contributed by atoms with E-state index in [1.807, 2.05) is 13.0 Å². The predicted octanol–water partition coefficient (Wildman–Crippen LogP) is 3.11. The molecule has 5 nitrogen and oxygen atoms in total. The summed E-state index contributed by atoms with van der Waals surface area (Å²) < 4.78 is 0. The van der Waals surface area contributed by atoms with Crippen LogP contribution in [0.15, 0.2) is 36.5 Å². The largest absolute Gasteiger partial charge is 0.319 e. The number of carbonyl (C=O) groups excluding carboxylic acids is 2. The van der Waals surface area contributed by atoms with Gasteiger partial charge in [0, 0.05) is 6.20 Å². The minimum Gasteiger partial charge on any atom is -0.319 e. The molecular formula is C16H14ClN3O2. The van der Waals surface area contributed by atoms with E-state index < -0.39 is 0 Å². The second-order valence-electron chi connectivity index (χ2n) is 4.90. The first-order chi connectivity index (χ1) is 10.7. The van der Waals surface area contributed by atoms with Gasteiger partial charge in [-0.2, -0.15) is 0 Å². The number of anilines is 3. The molecule has 0 fully saturated rings. The lowest BCUT2D eigenvalue weighted by atomic mass is 10.1. The zero-order valence-corrected chi connectivity index (χ0v) is 12.7. The molecule has 2 aromatic rings. The molecule has 0 spiro atoms. The summed E-state index contributed by atoms with van der Waals surface area (Å²) in [5.74, 6) is -0.406. The minimum atomic E-state index is -0.330. The number of alkyl halides is 1. The molecule has 2 heterocycles. The van der Waals surface area contributed by atoms with Gasteiger partial charge in [-0.1, -0.05) is 13.0 Å². The summed E-state index contributed by atoms with van der Waals surface area (Å²) in [6, 6.07) is 8.87. The van der Waals surface area contributed by atoms with Crippen LogP contribution in [0.25, 0.3) is 0 Å². The average Bonchev–Trinajstić information content (AvgIpc) is 2.67. The van der Waals surface area contributed by atoms with E-state index in [2.05, 4.69) is 10.3 Å². The molecule has 22 heavy (non-hydrogen) atoms. The summed E-state index contributed by atoms with van der Waals surface area (Å²) in [6.45, 7) is 2.01. The highest BCUT2D eigenvalue weighted by Gasteiger charge is 2.29. The van der Waals surface area contributed by atoms with Gasteiger partial charge in [-0.3, -0.25) is 14.5 Å². The van der Waals surface area contributed by atoms with Gasteiger partial charge in [0.15, 0.2) is 5.82 Å². The number of halogens is 1. The second-order valence-corrected chi connectivity index (χ2v) is 5.16. The van der Waals surface area contributed by atoms with Crippen LogP contribution in [0.2, 0.25) is 0 Å². The van der Waals surface area contributed by atoms with Crippen LogP contribution in [0.3, 0.4) is 0 Å². The van der Waals surface area contributed by atoms with E-state index in [-0.39, 0.29) is 17.7 Å². The van der Waals surface area contributed by atoms with E-state index in [0.717, 1.165) is 12.0 Å². The zero-order chi connectivity index (χ0) is 15.7. The Morgan fingerprint density at radius 3 is 2.91 bits per heavy atom. The Labute approximate surface area is 132 Å². The molecule has 112 valence electrons. The fraction of sp³-hybridized carbons (Fsp3) is 0.188. The number of pyridine rings is 1. The molecule has 1 aliphatic rings. The molecule has 6 heteroatoms. The first kappa shape index (κ1) is 14.5. The summed E-state index contributed by atoms with van der Waals surface area (Å²) in [6.07, 6.45) is 2.38. The number of benzene rings is 1. The third kappa shape index (κ3) is 2.33. The first-order valence-electron chi connectivity index (χ1n) is 6.94. The second kappa shape index (κ2) is 5.77. The van der Waals surface area contributed by atoms with Crippen LogP contribution in [-0.4, -0.2) is 22.7 Å². The molecule has 1 aromatic carbocycles. The number of amides is 2. The lowest BCUT2D eigenvalue weighted by Gasteiger charge is -2.22. The number of hydrogen-bond donors (Lipinski definition) is 1. The van der Waals surface area contributed by atoms with Crippen LogP contribution in [0, 0.1) is 0 Å². The Bertz CT molecular complexity index is 761. The van der Waals surface area contributed by atoms with Crippen LogP contribution < -0.4 is 10.2 Å². The topological polar surface area (TPSA) is 62.3 Å². The summed E-state index contributed by atoms with van der Waals surface area (Å²) in [5.41, 5.74) is 2.44. The van der Waals surface area contributed by atoms with Crippen molar-refractivity contribution < 1.29 is 9.59 Å². The van der Waals surface area contributed by atoms with Crippen molar-refractivity contribution in [3.63, 3.8) is 0 Å². The lowest BCUT2D eigenvalue weighted by molar-refractivity contribution is -0.115. The molecule has 0 saturated carbocycles. The molecule has 0 atom stereocenters. The maximum absolute atomic E-state index is 12.5. The molecular weight excluding hydrogens is 302 g/mol. The zero-order valence-electron chi connectivity index (χ0n) is 12.0. The van der Waals surface area contributed by atoms with Gasteiger partial charge < -0.3 is 5.32 Å². The molecule has 0 aliphatic carbocycles. The Morgan fingerprint density at radius 1 is 1.36 bits per heavy atom. The van der Waals surface area contributed by atoms with Gasteiger partial charge in [0.2, 0.25) is 5.91 Å². The number of rotatable bonds is 2. The first-order valence-corrected chi connectivity index (χ1v) is 7.47. The van der Waals surface area contributed by atoms with E-state index in [4.69, 9.17) is 11.6 Å². The Balaban J connectivity index is 2.27. The van der Waals surface area contributed by atoms with Gasteiger partial charge >= 0.3 is 0 Å². The van der Waals surface area contributed by atoms with Crippen molar-refractivity contribution in [3.05, 3.63) is 47.7 Å². The highest BCUT2D eigenvalue weighted by atomic mass is 35.5. The van der Waals surface area contributed by atoms with Crippen molar-refractivity contribution in [2.24, 2.45) is 0 Å². The number of fused-ring (bicyclic) bond motifs is 2. The van der Waals surface area contributed by atoms with Crippen LogP contribution in [-0.2, 0) is 11.2 Å². The number of nitrogens with one attached hydrogen (secondary N) is 1. The minimum absolute atomic E-state index is 0.195. The van der Waals surface area contributed by atoms with E-state index in [1.165, 1.54) is 4.90 Å². The van der Waals surface area contributed by atoms with Crippen LogP contribution in [0.1, 0.15) is 22.8 Å². The fourth-order valence-corrected chi connectivity index (χ4v) is 2.59. The summed E-state index contributed by atoms with van der Waals surface area (Å²) in [7, 11) is 0. The van der Waals surface area contributed by atoms with Gasteiger partial charge in [-0.15, -0.1) is 11.6 Å². The molecule has 0 unspecified atom stereocenters. The van der Waals surface area contributed by atoms with Crippen molar-refractivity contribution in [1.82, 2.24) is 4.98 Å². The van der Waals surface area contributed by atoms with Crippen LogP contribution in [0.5, 0.6) is 0 Å². The predicted molar refractivity (Wildman–Crippen MR) is 85.9 cm³/mol. The molecule has 0 saturated heterocycles. The quantitative estimate of drug-likeness (QED) is 0.866. The molecule has 1 aliphatic heterocycles. The molecule has 0 bridgehead atoms. The average molecular weight is 316 g/mol. The van der Waals surface area contributed by atoms with E-state index in [1.54, 1.807) is 30.5 Å². The SMILES string of the molecule is CCc1ccc2c(c1)C(=O)Nc1cccnc1N2C(=O)CCl. The number of hydrogen-bond acceptors (Lipinski definition) is 3. The molecule has 1 aromatic heterocycles. The maximum atomic E-state index is 12.5. The van der Waals surface area contributed by atoms with E-state index in [0.29, 0.717) is 22.8 Å². The number of aromatic nitrogens is 1. The highest BCUT2D eigenvalue weighted by Crippen LogP contribution is 2.36. The van der Waals surface area contributed by atoms with Crippen molar-refractivity contribution >= 4 is 40.6 Å². The smallest absolute Gasteiger partial charge is 0.257 e. The van der Waals surface area contributed by atoms with E-state index in [9.17, 15) is 9.59 Å². The van der Waals surface area contributed by atoms with Gasteiger partial charge in [0.25, 0.3) is 5.91 Å².